The second kappa shape index (κ2) is 7.76. The predicted molar refractivity (Wildman–Crippen MR) is 102 cm³/mol. The molecule has 3 heterocycles. The third kappa shape index (κ3) is 3.88. The first kappa shape index (κ1) is 18.1. The van der Waals surface area contributed by atoms with Crippen LogP contribution in [0.3, 0.4) is 0 Å². The molecular weight excluding hydrogens is 344 g/mol. The zero-order valence-corrected chi connectivity index (χ0v) is 16.1. The van der Waals surface area contributed by atoms with Gasteiger partial charge in [-0.05, 0) is 31.9 Å². The summed E-state index contributed by atoms with van der Waals surface area (Å²) in [5.41, 5.74) is 1.85. The summed E-state index contributed by atoms with van der Waals surface area (Å²) in [5.74, 6) is 2.03. The van der Waals surface area contributed by atoms with Gasteiger partial charge in [-0.15, -0.1) is 0 Å². The minimum Gasteiger partial charge on any atom is -0.464 e. The van der Waals surface area contributed by atoms with Gasteiger partial charge in [-0.1, -0.05) is 19.3 Å². The predicted octanol–water partition coefficient (Wildman–Crippen LogP) is 3.97. The number of hydrogen-bond donors (Lipinski definition) is 1. The van der Waals surface area contributed by atoms with Crippen molar-refractivity contribution in [3.8, 4) is 0 Å². The standard InChI is InChI=1S/C20H28N4O3/c1-14-8-9-18(27-14)17-13-26-11-10-24(17)20(25)21-16-12-23(2)22-19(16)15-6-4-3-5-7-15/h8-9,12,15,17H,3-7,10-11,13H2,1-2H3,(H,21,25). The van der Waals surface area contributed by atoms with E-state index in [-0.39, 0.29) is 12.1 Å². The van der Waals surface area contributed by atoms with Crippen molar-refractivity contribution in [2.45, 2.75) is 51.0 Å². The first-order chi connectivity index (χ1) is 13.1. The highest BCUT2D eigenvalue weighted by molar-refractivity contribution is 5.90. The number of aryl methyl sites for hydroxylation is 2. The molecular formula is C20H28N4O3. The van der Waals surface area contributed by atoms with Gasteiger partial charge in [0.2, 0.25) is 0 Å². The fourth-order valence-electron chi connectivity index (χ4n) is 4.18. The lowest BCUT2D eigenvalue weighted by molar-refractivity contribution is 0.00709. The molecule has 1 unspecified atom stereocenters. The summed E-state index contributed by atoms with van der Waals surface area (Å²) in [7, 11) is 1.91. The molecule has 2 fully saturated rings. The maximum absolute atomic E-state index is 13.1. The maximum atomic E-state index is 13.1. The first-order valence-corrected chi connectivity index (χ1v) is 9.87. The Morgan fingerprint density at radius 1 is 1.26 bits per heavy atom. The summed E-state index contributed by atoms with van der Waals surface area (Å²) in [6, 6.07) is 3.51. The van der Waals surface area contributed by atoms with Crippen molar-refractivity contribution in [2.24, 2.45) is 7.05 Å². The molecule has 27 heavy (non-hydrogen) atoms. The summed E-state index contributed by atoms with van der Waals surface area (Å²) in [6.07, 6.45) is 7.96. The van der Waals surface area contributed by atoms with Crippen LogP contribution in [-0.2, 0) is 11.8 Å². The number of morpholine rings is 1. The Kier molecular flexibility index (Phi) is 5.20. The average molecular weight is 372 g/mol. The smallest absolute Gasteiger partial charge is 0.322 e. The highest BCUT2D eigenvalue weighted by Gasteiger charge is 2.32. The number of anilines is 1. The van der Waals surface area contributed by atoms with E-state index < -0.39 is 0 Å². The Labute approximate surface area is 159 Å². The Balaban J connectivity index is 1.52. The Morgan fingerprint density at radius 2 is 2.07 bits per heavy atom. The van der Waals surface area contributed by atoms with Crippen LogP contribution in [-0.4, -0.2) is 40.5 Å². The molecule has 1 aliphatic heterocycles. The molecule has 1 saturated carbocycles. The number of amides is 2. The zero-order chi connectivity index (χ0) is 18.8. The number of ether oxygens (including phenoxy) is 1. The third-order valence-electron chi connectivity index (χ3n) is 5.57. The van der Waals surface area contributed by atoms with E-state index in [4.69, 9.17) is 9.15 Å². The molecule has 0 radical (unpaired) electrons. The lowest BCUT2D eigenvalue weighted by Gasteiger charge is -2.34. The van der Waals surface area contributed by atoms with E-state index in [0.29, 0.717) is 25.7 Å². The van der Waals surface area contributed by atoms with Gasteiger partial charge >= 0.3 is 6.03 Å². The molecule has 0 spiro atoms. The Hall–Kier alpha value is -2.28. The van der Waals surface area contributed by atoms with Crippen molar-refractivity contribution in [3.63, 3.8) is 0 Å². The molecule has 4 rings (SSSR count). The van der Waals surface area contributed by atoms with E-state index >= 15 is 0 Å². The molecule has 7 heteroatoms. The molecule has 1 aliphatic carbocycles. The SMILES string of the molecule is Cc1ccc(C2COCCN2C(=O)Nc2cn(C)nc2C2CCCCC2)o1. The summed E-state index contributed by atoms with van der Waals surface area (Å²) in [4.78, 5) is 14.9. The number of aromatic nitrogens is 2. The quantitative estimate of drug-likeness (QED) is 0.885. The Morgan fingerprint density at radius 3 is 2.81 bits per heavy atom. The molecule has 0 bridgehead atoms. The van der Waals surface area contributed by atoms with E-state index in [0.717, 1.165) is 35.7 Å². The molecule has 1 N–H and O–H groups in total. The van der Waals surface area contributed by atoms with Crippen LogP contribution in [0.5, 0.6) is 0 Å². The lowest BCUT2D eigenvalue weighted by atomic mass is 9.86. The van der Waals surface area contributed by atoms with Gasteiger partial charge in [-0.25, -0.2) is 4.79 Å². The maximum Gasteiger partial charge on any atom is 0.322 e. The molecule has 1 saturated heterocycles. The van der Waals surface area contributed by atoms with Gasteiger partial charge in [-0.3, -0.25) is 4.68 Å². The highest BCUT2D eigenvalue weighted by atomic mass is 16.5. The van der Waals surface area contributed by atoms with Crippen molar-refractivity contribution < 1.29 is 13.9 Å². The van der Waals surface area contributed by atoms with Crippen molar-refractivity contribution in [3.05, 3.63) is 35.5 Å². The van der Waals surface area contributed by atoms with Crippen LogP contribution < -0.4 is 5.32 Å². The number of carbonyl (C=O) groups excluding carboxylic acids is 1. The molecule has 2 aliphatic rings. The molecule has 1 atom stereocenters. The molecule has 2 amide bonds. The van der Waals surface area contributed by atoms with Crippen molar-refractivity contribution in [1.82, 2.24) is 14.7 Å². The molecule has 7 nitrogen and oxygen atoms in total. The van der Waals surface area contributed by atoms with Gasteiger partial charge in [0, 0.05) is 25.7 Å². The molecule has 146 valence electrons. The van der Waals surface area contributed by atoms with Crippen molar-refractivity contribution in [1.29, 1.82) is 0 Å². The monoisotopic (exact) mass is 372 g/mol. The van der Waals surface area contributed by atoms with Crippen molar-refractivity contribution in [2.75, 3.05) is 25.1 Å². The summed E-state index contributed by atoms with van der Waals surface area (Å²) >= 11 is 0. The highest BCUT2D eigenvalue weighted by Crippen LogP contribution is 2.36. The van der Waals surface area contributed by atoms with E-state index in [2.05, 4.69) is 10.4 Å². The summed E-state index contributed by atoms with van der Waals surface area (Å²) < 4.78 is 13.2. The second-order valence-corrected chi connectivity index (χ2v) is 7.60. The van der Waals surface area contributed by atoms with Gasteiger partial charge in [0.25, 0.3) is 0 Å². The first-order valence-electron chi connectivity index (χ1n) is 9.87. The average Bonchev–Trinajstić information content (AvgIpc) is 3.28. The summed E-state index contributed by atoms with van der Waals surface area (Å²) in [6.45, 7) is 3.42. The fraction of sp³-hybridized carbons (Fsp3) is 0.600. The van der Waals surface area contributed by atoms with E-state index in [1.54, 1.807) is 9.58 Å². The molecule has 2 aromatic heterocycles. The topological polar surface area (TPSA) is 72.5 Å². The fourth-order valence-corrected chi connectivity index (χ4v) is 4.18. The number of carbonyl (C=O) groups is 1. The van der Waals surface area contributed by atoms with Gasteiger partial charge < -0.3 is 19.4 Å². The van der Waals surface area contributed by atoms with Gasteiger partial charge in [0.05, 0.1) is 24.6 Å². The number of nitrogens with one attached hydrogen (secondary N) is 1. The summed E-state index contributed by atoms with van der Waals surface area (Å²) in [5, 5.41) is 7.76. The van der Waals surface area contributed by atoms with Crippen LogP contribution in [0.25, 0.3) is 0 Å². The number of hydrogen-bond acceptors (Lipinski definition) is 4. The van der Waals surface area contributed by atoms with Gasteiger partial charge in [0.15, 0.2) is 0 Å². The number of nitrogens with zero attached hydrogens (tertiary/aromatic N) is 3. The van der Waals surface area contributed by atoms with Crippen LogP contribution in [0, 0.1) is 6.92 Å². The van der Waals surface area contributed by atoms with Gasteiger partial charge in [-0.2, -0.15) is 5.10 Å². The Bertz CT molecular complexity index is 791. The van der Waals surface area contributed by atoms with Crippen LogP contribution in [0.15, 0.2) is 22.7 Å². The number of furan rings is 1. The van der Waals surface area contributed by atoms with Crippen LogP contribution >= 0.6 is 0 Å². The van der Waals surface area contributed by atoms with Crippen LogP contribution in [0.1, 0.15) is 61.3 Å². The van der Waals surface area contributed by atoms with E-state index in [1.165, 1.54) is 19.3 Å². The second-order valence-electron chi connectivity index (χ2n) is 7.60. The number of rotatable bonds is 3. The van der Waals surface area contributed by atoms with Crippen molar-refractivity contribution >= 4 is 11.7 Å². The van der Waals surface area contributed by atoms with E-state index in [9.17, 15) is 4.79 Å². The number of urea groups is 1. The minimum atomic E-state index is -0.206. The third-order valence-corrected chi connectivity index (χ3v) is 5.57. The van der Waals surface area contributed by atoms with Crippen LogP contribution in [0.4, 0.5) is 10.5 Å². The largest absolute Gasteiger partial charge is 0.464 e. The van der Waals surface area contributed by atoms with Crippen LogP contribution in [0.2, 0.25) is 0 Å². The van der Waals surface area contributed by atoms with Gasteiger partial charge in [0.1, 0.15) is 17.6 Å². The lowest BCUT2D eigenvalue weighted by Crippen LogP contribution is -2.45. The normalized spacial score (nSPS) is 21.4. The molecule has 0 aromatic carbocycles. The van der Waals surface area contributed by atoms with E-state index in [1.807, 2.05) is 32.3 Å². The minimum absolute atomic E-state index is 0.123. The zero-order valence-electron chi connectivity index (χ0n) is 16.1. The molecule has 2 aromatic rings.